The van der Waals surface area contributed by atoms with Gasteiger partial charge in [-0.05, 0) is 66.9 Å². The molecule has 190 valence electrons. The zero-order valence-corrected chi connectivity index (χ0v) is 21.7. The van der Waals surface area contributed by atoms with Gasteiger partial charge < -0.3 is 24.0 Å². The number of benzene rings is 3. The first kappa shape index (κ1) is 25.4. The molecule has 1 amide bonds. The van der Waals surface area contributed by atoms with Gasteiger partial charge in [0.25, 0.3) is 5.91 Å². The van der Waals surface area contributed by atoms with E-state index in [9.17, 15) is 4.79 Å². The number of anilines is 1. The van der Waals surface area contributed by atoms with E-state index >= 15 is 0 Å². The number of amides is 1. The fraction of sp³-hybridized carbons (Fsp3) is 0.367. The summed E-state index contributed by atoms with van der Waals surface area (Å²) < 4.78 is 17.3. The molecule has 0 spiro atoms. The third kappa shape index (κ3) is 5.93. The average Bonchev–Trinajstić information content (AvgIpc) is 2.92. The van der Waals surface area contributed by atoms with Crippen molar-refractivity contribution in [2.45, 2.75) is 33.3 Å². The SMILES string of the molecule is CCOc1ccc(C(=O)N2CCN(c3ccc(OC)cc3)CC2)cc1COc1ccccc1C(C)C. The van der Waals surface area contributed by atoms with Gasteiger partial charge in [-0.25, -0.2) is 0 Å². The van der Waals surface area contributed by atoms with Gasteiger partial charge in [0.05, 0.1) is 13.7 Å². The Kier molecular flexibility index (Phi) is 8.36. The Morgan fingerprint density at radius 2 is 1.61 bits per heavy atom. The highest BCUT2D eigenvalue weighted by Crippen LogP contribution is 2.29. The first-order valence-electron chi connectivity index (χ1n) is 12.7. The minimum atomic E-state index is 0.0382. The molecule has 1 aliphatic heterocycles. The molecular weight excluding hydrogens is 452 g/mol. The molecule has 0 aliphatic carbocycles. The first-order chi connectivity index (χ1) is 17.5. The number of piperazine rings is 1. The van der Waals surface area contributed by atoms with Crippen LogP contribution < -0.4 is 19.1 Å². The Labute approximate surface area is 214 Å². The van der Waals surface area contributed by atoms with Gasteiger partial charge in [-0.15, -0.1) is 0 Å². The highest BCUT2D eigenvalue weighted by molar-refractivity contribution is 5.94. The van der Waals surface area contributed by atoms with Crippen molar-refractivity contribution >= 4 is 11.6 Å². The maximum Gasteiger partial charge on any atom is 0.253 e. The van der Waals surface area contributed by atoms with Gasteiger partial charge in [0, 0.05) is 43.0 Å². The smallest absolute Gasteiger partial charge is 0.253 e. The number of carbonyl (C=O) groups is 1. The molecule has 1 fully saturated rings. The number of carbonyl (C=O) groups excluding carboxylic acids is 1. The normalized spacial score (nSPS) is 13.6. The van der Waals surface area contributed by atoms with Crippen molar-refractivity contribution in [2.24, 2.45) is 0 Å². The Hall–Kier alpha value is -3.67. The topological polar surface area (TPSA) is 51.2 Å². The Morgan fingerprint density at radius 3 is 2.28 bits per heavy atom. The highest BCUT2D eigenvalue weighted by atomic mass is 16.5. The number of para-hydroxylation sites is 1. The standard InChI is InChI=1S/C30H36N2O4/c1-5-35-28-15-10-23(20-24(28)21-36-29-9-7-6-8-27(29)22(2)3)30(33)32-18-16-31(17-19-32)25-11-13-26(34-4)14-12-25/h6-15,20,22H,5,16-19,21H2,1-4H3. The lowest BCUT2D eigenvalue weighted by molar-refractivity contribution is 0.0746. The third-order valence-electron chi connectivity index (χ3n) is 6.54. The number of ether oxygens (including phenoxy) is 3. The van der Waals surface area contributed by atoms with Gasteiger partial charge >= 0.3 is 0 Å². The van der Waals surface area contributed by atoms with Crippen LogP contribution in [0.3, 0.4) is 0 Å². The van der Waals surface area contributed by atoms with Crippen LogP contribution in [-0.4, -0.2) is 50.7 Å². The molecule has 1 saturated heterocycles. The minimum absolute atomic E-state index is 0.0382. The molecule has 6 nitrogen and oxygen atoms in total. The van der Waals surface area contributed by atoms with E-state index in [1.807, 2.05) is 60.4 Å². The first-order valence-corrected chi connectivity index (χ1v) is 12.7. The molecule has 0 atom stereocenters. The van der Waals surface area contributed by atoms with Gasteiger partial charge in [0.2, 0.25) is 0 Å². The van der Waals surface area contributed by atoms with Crippen LogP contribution >= 0.6 is 0 Å². The van der Waals surface area contributed by atoms with E-state index in [2.05, 4.69) is 36.9 Å². The molecule has 1 heterocycles. The number of nitrogens with zero attached hydrogens (tertiary/aromatic N) is 2. The summed E-state index contributed by atoms with van der Waals surface area (Å²) in [6.07, 6.45) is 0. The van der Waals surface area contributed by atoms with Crippen LogP contribution in [0.5, 0.6) is 17.2 Å². The van der Waals surface area contributed by atoms with Crippen molar-refractivity contribution in [1.82, 2.24) is 4.90 Å². The molecule has 3 aromatic carbocycles. The van der Waals surface area contributed by atoms with Crippen LogP contribution in [0.25, 0.3) is 0 Å². The maximum atomic E-state index is 13.4. The Morgan fingerprint density at radius 1 is 0.889 bits per heavy atom. The Bertz CT molecular complexity index is 1150. The highest BCUT2D eigenvalue weighted by Gasteiger charge is 2.23. The quantitative estimate of drug-likeness (QED) is 0.383. The predicted molar refractivity (Wildman–Crippen MR) is 144 cm³/mol. The lowest BCUT2D eigenvalue weighted by Crippen LogP contribution is -2.48. The minimum Gasteiger partial charge on any atom is -0.497 e. The molecule has 4 rings (SSSR count). The molecule has 0 saturated carbocycles. The van der Waals surface area contributed by atoms with Crippen molar-refractivity contribution in [3.8, 4) is 17.2 Å². The van der Waals surface area contributed by atoms with E-state index in [1.54, 1.807) is 7.11 Å². The lowest BCUT2D eigenvalue weighted by atomic mass is 10.0. The lowest BCUT2D eigenvalue weighted by Gasteiger charge is -2.36. The van der Waals surface area contributed by atoms with Crippen LogP contribution in [0.2, 0.25) is 0 Å². The van der Waals surface area contributed by atoms with Gasteiger partial charge in [-0.2, -0.15) is 0 Å². The van der Waals surface area contributed by atoms with Crippen LogP contribution in [0, 0.1) is 0 Å². The predicted octanol–water partition coefficient (Wildman–Crippen LogP) is 5.76. The molecule has 0 N–H and O–H groups in total. The van der Waals surface area contributed by atoms with Crippen molar-refractivity contribution in [1.29, 1.82) is 0 Å². The fourth-order valence-corrected chi connectivity index (χ4v) is 4.51. The second-order valence-corrected chi connectivity index (χ2v) is 9.21. The molecule has 0 bridgehead atoms. The van der Waals surface area contributed by atoms with E-state index in [1.165, 1.54) is 0 Å². The Balaban J connectivity index is 1.44. The summed E-state index contributed by atoms with van der Waals surface area (Å²) in [6.45, 7) is 10.1. The summed E-state index contributed by atoms with van der Waals surface area (Å²) in [4.78, 5) is 17.6. The van der Waals surface area contributed by atoms with Gasteiger partial charge in [0.1, 0.15) is 23.9 Å². The molecule has 0 aromatic heterocycles. The molecular formula is C30H36N2O4. The average molecular weight is 489 g/mol. The summed E-state index contributed by atoms with van der Waals surface area (Å²) in [5, 5.41) is 0. The van der Waals surface area contributed by atoms with Gasteiger partial charge in [0.15, 0.2) is 0 Å². The third-order valence-corrected chi connectivity index (χ3v) is 6.54. The van der Waals surface area contributed by atoms with Crippen molar-refractivity contribution in [3.05, 3.63) is 83.4 Å². The van der Waals surface area contributed by atoms with E-state index < -0.39 is 0 Å². The summed E-state index contributed by atoms with van der Waals surface area (Å²) >= 11 is 0. The van der Waals surface area contributed by atoms with E-state index in [0.29, 0.717) is 37.8 Å². The summed E-state index contributed by atoms with van der Waals surface area (Å²) in [6, 6.07) is 21.8. The zero-order valence-electron chi connectivity index (χ0n) is 21.7. The number of rotatable bonds is 9. The van der Waals surface area contributed by atoms with E-state index in [0.717, 1.165) is 47.2 Å². The van der Waals surface area contributed by atoms with Crippen molar-refractivity contribution in [3.63, 3.8) is 0 Å². The van der Waals surface area contributed by atoms with Crippen LogP contribution in [-0.2, 0) is 6.61 Å². The van der Waals surface area contributed by atoms with Crippen molar-refractivity contribution < 1.29 is 19.0 Å². The second kappa shape index (κ2) is 11.8. The largest absolute Gasteiger partial charge is 0.497 e. The molecule has 0 radical (unpaired) electrons. The number of hydrogen-bond acceptors (Lipinski definition) is 5. The van der Waals surface area contributed by atoms with E-state index in [-0.39, 0.29) is 5.91 Å². The van der Waals surface area contributed by atoms with Crippen LogP contribution in [0.15, 0.2) is 66.7 Å². The number of hydrogen-bond donors (Lipinski definition) is 0. The summed E-state index contributed by atoms with van der Waals surface area (Å²) in [7, 11) is 1.67. The van der Waals surface area contributed by atoms with Crippen molar-refractivity contribution in [2.75, 3.05) is 44.8 Å². The van der Waals surface area contributed by atoms with Gasteiger partial charge in [-0.3, -0.25) is 4.79 Å². The molecule has 0 unspecified atom stereocenters. The second-order valence-electron chi connectivity index (χ2n) is 9.21. The van der Waals surface area contributed by atoms with Crippen LogP contribution in [0.4, 0.5) is 5.69 Å². The summed E-state index contributed by atoms with van der Waals surface area (Å²) in [5.41, 5.74) is 3.84. The molecule has 1 aliphatic rings. The van der Waals surface area contributed by atoms with Crippen LogP contribution in [0.1, 0.15) is 48.2 Å². The zero-order chi connectivity index (χ0) is 25.5. The van der Waals surface area contributed by atoms with Gasteiger partial charge in [-0.1, -0.05) is 32.0 Å². The fourth-order valence-electron chi connectivity index (χ4n) is 4.51. The monoisotopic (exact) mass is 488 g/mol. The molecule has 3 aromatic rings. The molecule has 36 heavy (non-hydrogen) atoms. The number of methoxy groups -OCH3 is 1. The summed E-state index contributed by atoms with van der Waals surface area (Å²) in [5.74, 6) is 2.85. The maximum absolute atomic E-state index is 13.4. The molecule has 6 heteroatoms. The van der Waals surface area contributed by atoms with E-state index in [4.69, 9.17) is 14.2 Å².